The summed E-state index contributed by atoms with van der Waals surface area (Å²) in [5.74, 6) is 2.54. The lowest BCUT2D eigenvalue weighted by molar-refractivity contribution is -0.135. The van der Waals surface area contributed by atoms with Gasteiger partial charge in [-0.25, -0.2) is 0 Å². The van der Waals surface area contributed by atoms with Gasteiger partial charge in [-0.05, 0) is 24.1 Å². The molecule has 0 spiro atoms. The fraction of sp³-hybridized carbons (Fsp3) is 0.556. The van der Waals surface area contributed by atoms with Gasteiger partial charge in [-0.1, -0.05) is 6.07 Å². The Bertz CT molecular complexity index is 696. The second kappa shape index (κ2) is 6.78. The van der Waals surface area contributed by atoms with Crippen LogP contribution < -0.4 is 9.47 Å². The van der Waals surface area contributed by atoms with E-state index in [1.54, 1.807) is 11.9 Å². The molecule has 1 aromatic carbocycles. The second-order valence-electron chi connectivity index (χ2n) is 6.76. The average Bonchev–Trinajstić information content (AvgIpc) is 3.12. The number of thioether (sulfide) groups is 1. The SMILES string of the molecule is CN1CC(C(=O)N2CCSC(c3ccc4c(c3)OCO4)CC2)CC1=O. The Labute approximate surface area is 151 Å². The molecule has 0 N–H and O–H groups in total. The molecule has 1 aromatic rings. The maximum Gasteiger partial charge on any atom is 0.231 e. The minimum Gasteiger partial charge on any atom is -0.454 e. The smallest absolute Gasteiger partial charge is 0.231 e. The molecule has 2 atom stereocenters. The van der Waals surface area contributed by atoms with E-state index >= 15 is 0 Å². The van der Waals surface area contributed by atoms with Crippen LogP contribution in [0, 0.1) is 5.92 Å². The summed E-state index contributed by atoms with van der Waals surface area (Å²) in [6.07, 6.45) is 1.26. The fourth-order valence-electron chi connectivity index (χ4n) is 3.66. The number of amides is 2. The maximum absolute atomic E-state index is 12.7. The van der Waals surface area contributed by atoms with Gasteiger partial charge in [0, 0.05) is 44.1 Å². The minimum absolute atomic E-state index is 0.0702. The molecular formula is C18H22N2O4S. The standard InChI is InChI=1S/C18H22N2O4S/c1-19-10-13(9-17(19)21)18(22)20-5-4-16(25-7-6-20)12-2-3-14-15(8-12)24-11-23-14/h2-3,8,13,16H,4-7,9-11H2,1H3. The number of ether oxygens (including phenoxy) is 2. The normalized spacial score (nSPS) is 26.0. The van der Waals surface area contributed by atoms with Gasteiger partial charge in [0.25, 0.3) is 0 Å². The molecule has 0 bridgehead atoms. The molecule has 2 amide bonds. The third-order valence-electron chi connectivity index (χ3n) is 5.11. The van der Waals surface area contributed by atoms with E-state index in [0.717, 1.165) is 36.8 Å². The summed E-state index contributed by atoms with van der Waals surface area (Å²) in [7, 11) is 1.77. The van der Waals surface area contributed by atoms with Crippen LogP contribution in [0.1, 0.15) is 23.7 Å². The first-order valence-corrected chi connectivity index (χ1v) is 9.70. The Hall–Kier alpha value is -1.89. The third-order valence-corrected chi connectivity index (χ3v) is 6.44. The summed E-state index contributed by atoms with van der Waals surface area (Å²) in [5.41, 5.74) is 1.22. The van der Waals surface area contributed by atoms with E-state index in [-0.39, 0.29) is 24.5 Å². The van der Waals surface area contributed by atoms with Gasteiger partial charge in [0.2, 0.25) is 18.6 Å². The molecule has 0 aliphatic carbocycles. The van der Waals surface area contributed by atoms with Crippen LogP contribution in [0.25, 0.3) is 0 Å². The number of rotatable bonds is 2. The number of hydrogen-bond donors (Lipinski definition) is 0. The summed E-state index contributed by atoms with van der Waals surface area (Å²) in [5, 5.41) is 0.347. The molecule has 4 rings (SSSR count). The summed E-state index contributed by atoms with van der Waals surface area (Å²) >= 11 is 1.88. The van der Waals surface area contributed by atoms with Gasteiger partial charge < -0.3 is 19.3 Å². The average molecular weight is 362 g/mol. The van der Waals surface area contributed by atoms with E-state index in [0.29, 0.717) is 18.2 Å². The topological polar surface area (TPSA) is 59.1 Å². The lowest BCUT2D eigenvalue weighted by Crippen LogP contribution is -2.38. The molecule has 25 heavy (non-hydrogen) atoms. The van der Waals surface area contributed by atoms with E-state index in [2.05, 4.69) is 12.1 Å². The van der Waals surface area contributed by atoms with Crippen LogP contribution in [0.4, 0.5) is 0 Å². The number of benzene rings is 1. The van der Waals surface area contributed by atoms with Gasteiger partial charge in [0.15, 0.2) is 11.5 Å². The molecule has 134 valence electrons. The molecule has 3 aliphatic heterocycles. The Morgan fingerprint density at radius 1 is 1.24 bits per heavy atom. The summed E-state index contributed by atoms with van der Waals surface area (Å²) in [6, 6.07) is 6.11. The largest absolute Gasteiger partial charge is 0.454 e. The number of nitrogens with zero attached hydrogens (tertiary/aromatic N) is 2. The van der Waals surface area contributed by atoms with Crippen LogP contribution in [0.5, 0.6) is 11.5 Å². The van der Waals surface area contributed by atoms with Crippen molar-refractivity contribution in [3.8, 4) is 11.5 Å². The van der Waals surface area contributed by atoms with Crippen LogP contribution in [0.2, 0.25) is 0 Å². The van der Waals surface area contributed by atoms with Crippen LogP contribution in [0.3, 0.4) is 0 Å². The molecule has 3 aliphatic rings. The zero-order valence-electron chi connectivity index (χ0n) is 14.3. The monoisotopic (exact) mass is 362 g/mol. The first kappa shape index (κ1) is 16.6. The van der Waals surface area contributed by atoms with Crippen LogP contribution in [-0.4, -0.2) is 60.8 Å². The first-order valence-electron chi connectivity index (χ1n) is 8.66. The Balaban J connectivity index is 1.40. The Morgan fingerprint density at radius 3 is 2.88 bits per heavy atom. The van der Waals surface area contributed by atoms with Crippen molar-refractivity contribution in [2.45, 2.75) is 18.1 Å². The van der Waals surface area contributed by atoms with Crippen molar-refractivity contribution in [3.05, 3.63) is 23.8 Å². The third kappa shape index (κ3) is 3.29. The van der Waals surface area contributed by atoms with Crippen molar-refractivity contribution in [2.24, 2.45) is 5.92 Å². The number of hydrogen-bond acceptors (Lipinski definition) is 5. The molecule has 0 aromatic heterocycles. The zero-order valence-corrected chi connectivity index (χ0v) is 15.1. The van der Waals surface area contributed by atoms with Crippen molar-refractivity contribution in [3.63, 3.8) is 0 Å². The highest BCUT2D eigenvalue weighted by Crippen LogP contribution is 2.40. The number of likely N-dealkylation sites (tertiary alicyclic amines) is 1. The highest BCUT2D eigenvalue weighted by atomic mass is 32.2. The van der Waals surface area contributed by atoms with E-state index in [9.17, 15) is 9.59 Å². The first-order chi connectivity index (χ1) is 12.1. The molecule has 2 fully saturated rings. The molecule has 7 heteroatoms. The lowest BCUT2D eigenvalue weighted by Gasteiger charge is -2.23. The van der Waals surface area contributed by atoms with E-state index in [1.807, 2.05) is 22.7 Å². The van der Waals surface area contributed by atoms with Crippen LogP contribution in [0.15, 0.2) is 18.2 Å². The van der Waals surface area contributed by atoms with Crippen LogP contribution >= 0.6 is 11.8 Å². The Kier molecular flexibility index (Phi) is 4.50. The lowest BCUT2D eigenvalue weighted by atomic mass is 10.1. The zero-order chi connectivity index (χ0) is 17.4. The van der Waals surface area contributed by atoms with Crippen molar-refractivity contribution in [1.82, 2.24) is 9.80 Å². The van der Waals surface area contributed by atoms with Gasteiger partial charge >= 0.3 is 0 Å². The van der Waals surface area contributed by atoms with E-state index in [1.165, 1.54) is 5.56 Å². The second-order valence-corrected chi connectivity index (χ2v) is 8.07. The molecule has 2 saturated heterocycles. The minimum atomic E-state index is -0.176. The molecule has 2 unspecified atom stereocenters. The quantitative estimate of drug-likeness (QED) is 0.804. The van der Waals surface area contributed by atoms with Crippen molar-refractivity contribution in [2.75, 3.05) is 39.2 Å². The predicted octanol–water partition coefficient (Wildman–Crippen LogP) is 1.90. The molecule has 6 nitrogen and oxygen atoms in total. The molecule has 3 heterocycles. The van der Waals surface area contributed by atoms with E-state index in [4.69, 9.17) is 9.47 Å². The number of fused-ring (bicyclic) bond motifs is 1. The van der Waals surface area contributed by atoms with E-state index < -0.39 is 0 Å². The van der Waals surface area contributed by atoms with Gasteiger partial charge in [0.1, 0.15) is 0 Å². The van der Waals surface area contributed by atoms with Crippen molar-refractivity contribution in [1.29, 1.82) is 0 Å². The Morgan fingerprint density at radius 2 is 2.08 bits per heavy atom. The highest BCUT2D eigenvalue weighted by Gasteiger charge is 2.35. The fourth-order valence-corrected chi connectivity index (χ4v) is 4.88. The summed E-state index contributed by atoms with van der Waals surface area (Å²) < 4.78 is 10.9. The van der Waals surface area contributed by atoms with Gasteiger partial charge in [-0.3, -0.25) is 9.59 Å². The molecule has 0 saturated carbocycles. The molecule has 0 radical (unpaired) electrons. The maximum atomic E-state index is 12.7. The number of carbonyl (C=O) groups excluding carboxylic acids is 2. The predicted molar refractivity (Wildman–Crippen MR) is 94.7 cm³/mol. The van der Waals surface area contributed by atoms with Gasteiger partial charge in [-0.15, -0.1) is 0 Å². The van der Waals surface area contributed by atoms with Gasteiger partial charge in [0.05, 0.1) is 5.92 Å². The van der Waals surface area contributed by atoms with Crippen molar-refractivity contribution >= 4 is 23.6 Å². The number of carbonyl (C=O) groups is 2. The van der Waals surface area contributed by atoms with Crippen molar-refractivity contribution < 1.29 is 19.1 Å². The summed E-state index contributed by atoms with van der Waals surface area (Å²) in [6.45, 7) is 2.32. The summed E-state index contributed by atoms with van der Waals surface area (Å²) in [4.78, 5) is 28.0. The highest BCUT2D eigenvalue weighted by molar-refractivity contribution is 7.99. The molecular weight excluding hydrogens is 340 g/mol. The van der Waals surface area contributed by atoms with Crippen LogP contribution in [-0.2, 0) is 9.59 Å². The van der Waals surface area contributed by atoms with Gasteiger partial charge in [-0.2, -0.15) is 11.8 Å².